The first-order valence-electron chi connectivity index (χ1n) is 2.58. The molecule has 0 amide bonds. The standard InChI is InChI=1S/C4H10OSi/c1-2-4-6-5-3-1/h1-4,6H2. The highest BCUT2D eigenvalue weighted by Gasteiger charge is 1.96. The topological polar surface area (TPSA) is 9.23 Å². The molecule has 1 rings (SSSR count). The third-order valence-corrected chi connectivity index (χ3v) is 2.44. The van der Waals surface area contributed by atoms with Gasteiger partial charge in [-0.25, -0.2) is 0 Å². The Morgan fingerprint density at radius 3 is 2.50 bits per heavy atom. The Hall–Kier alpha value is 0.177. The molecule has 1 heterocycles. The fraction of sp³-hybridized carbons (Fsp3) is 1.00. The minimum absolute atomic E-state index is 0.00849. The lowest BCUT2D eigenvalue weighted by molar-refractivity contribution is 0.304. The average Bonchev–Trinajstić information content (AvgIpc) is 1.72. The summed E-state index contributed by atoms with van der Waals surface area (Å²) in [4.78, 5) is 0. The van der Waals surface area contributed by atoms with Crippen LogP contribution in [-0.4, -0.2) is 16.4 Å². The molecule has 1 fully saturated rings. The maximum Gasteiger partial charge on any atom is 0.161 e. The van der Waals surface area contributed by atoms with Gasteiger partial charge < -0.3 is 4.43 Å². The minimum atomic E-state index is 0.00849. The molecule has 0 N–H and O–H groups in total. The molecule has 36 valence electrons. The van der Waals surface area contributed by atoms with E-state index < -0.39 is 0 Å². The van der Waals surface area contributed by atoms with Crippen molar-refractivity contribution < 1.29 is 4.43 Å². The monoisotopic (exact) mass is 102 g/mol. The number of rotatable bonds is 0. The van der Waals surface area contributed by atoms with Crippen molar-refractivity contribution in [3.63, 3.8) is 0 Å². The van der Waals surface area contributed by atoms with Crippen molar-refractivity contribution in [3.05, 3.63) is 0 Å². The molecule has 0 unspecified atom stereocenters. The first kappa shape index (κ1) is 4.34. The Labute approximate surface area is 40.6 Å². The van der Waals surface area contributed by atoms with Gasteiger partial charge >= 0.3 is 0 Å². The Balaban J connectivity index is 2.00. The SMILES string of the molecule is C1CC[SiH2]OC1. The van der Waals surface area contributed by atoms with E-state index in [0.717, 1.165) is 6.61 Å². The highest BCUT2D eigenvalue weighted by molar-refractivity contribution is 6.27. The molecule has 6 heavy (non-hydrogen) atoms. The highest BCUT2D eigenvalue weighted by Crippen LogP contribution is 2.01. The van der Waals surface area contributed by atoms with Crippen molar-refractivity contribution in [2.24, 2.45) is 0 Å². The molecular formula is C4H10OSi. The number of hydrogen-bond acceptors (Lipinski definition) is 1. The first-order chi connectivity index (χ1) is 3.00. The van der Waals surface area contributed by atoms with Crippen LogP contribution in [0, 0.1) is 0 Å². The first-order valence-corrected chi connectivity index (χ1v) is 4.15. The van der Waals surface area contributed by atoms with Gasteiger partial charge in [0.15, 0.2) is 9.76 Å². The third kappa shape index (κ3) is 1.10. The van der Waals surface area contributed by atoms with Crippen molar-refractivity contribution >= 4 is 9.76 Å². The second kappa shape index (κ2) is 2.37. The predicted molar refractivity (Wildman–Crippen MR) is 28.5 cm³/mol. The molecule has 0 aromatic heterocycles. The Bertz CT molecular complexity index is 23.0. The molecule has 0 spiro atoms. The molecule has 0 saturated carbocycles. The summed E-state index contributed by atoms with van der Waals surface area (Å²) in [6, 6.07) is 1.42. The molecule has 1 aliphatic rings. The normalized spacial score (nSPS) is 28.0. The van der Waals surface area contributed by atoms with Crippen molar-refractivity contribution in [2.75, 3.05) is 6.61 Å². The fourth-order valence-electron chi connectivity index (χ4n) is 0.687. The Kier molecular flexibility index (Phi) is 1.71. The van der Waals surface area contributed by atoms with Crippen molar-refractivity contribution in [3.8, 4) is 0 Å². The van der Waals surface area contributed by atoms with Crippen LogP contribution in [0.5, 0.6) is 0 Å². The average molecular weight is 102 g/mol. The summed E-state index contributed by atoms with van der Waals surface area (Å²) < 4.78 is 5.21. The highest BCUT2D eigenvalue weighted by atomic mass is 28.2. The molecule has 0 radical (unpaired) electrons. The zero-order valence-corrected chi connectivity index (χ0v) is 5.36. The van der Waals surface area contributed by atoms with Crippen LogP contribution < -0.4 is 0 Å². The van der Waals surface area contributed by atoms with E-state index in [9.17, 15) is 0 Å². The molecule has 2 heteroatoms. The van der Waals surface area contributed by atoms with E-state index in [0.29, 0.717) is 0 Å². The largest absolute Gasteiger partial charge is 0.424 e. The molecule has 1 aliphatic heterocycles. The zero-order valence-electron chi connectivity index (χ0n) is 3.94. The van der Waals surface area contributed by atoms with E-state index in [1.54, 1.807) is 0 Å². The van der Waals surface area contributed by atoms with Crippen molar-refractivity contribution in [1.82, 2.24) is 0 Å². The van der Waals surface area contributed by atoms with Gasteiger partial charge in [0, 0.05) is 6.61 Å². The molecule has 0 atom stereocenters. The van der Waals surface area contributed by atoms with Gasteiger partial charge in [0.25, 0.3) is 0 Å². The Morgan fingerprint density at radius 1 is 1.33 bits per heavy atom. The van der Waals surface area contributed by atoms with Crippen LogP contribution >= 0.6 is 0 Å². The molecule has 0 aliphatic carbocycles. The van der Waals surface area contributed by atoms with Crippen LogP contribution in [0.4, 0.5) is 0 Å². The van der Waals surface area contributed by atoms with Crippen LogP contribution in [0.25, 0.3) is 0 Å². The Morgan fingerprint density at radius 2 is 2.33 bits per heavy atom. The van der Waals surface area contributed by atoms with Gasteiger partial charge in [0.2, 0.25) is 0 Å². The molecular weight excluding hydrogens is 92.1 g/mol. The lowest BCUT2D eigenvalue weighted by atomic mass is 10.4. The van der Waals surface area contributed by atoms with Crippen LogP contribution in [0.3, 0.4) is 0 Å². The summed E-state index contributed by atoms with van der Waals surface area (Å²) >= 11 is 0. The molecule has 1 saturated heterocycles. The van der Waals surface area contributed by atoms with Gasteiger partial charge in [-0.15, -0.1) is 0 Å². The molecule has 1 nitrogen and oxygen atoms in total. The van der Waals surface area contributed by atoms with E-state index in [2.05, 4.69) is 0 Å². The number of hydrogen-bond donors (Lipinski definition) is 0. The van der Waals surface area contributed by atoms with Gasteiger partial charge in [-0.1, -0.05) is 6.42 Å². The summed E-state index contributed by atoms with van der Waals surface area (Å²) in [5.41, 5.74) is 0. The van der Waals surface area contributed by atoms with E-state index in [1.807, 2.05) is 0 Å². The van der Waals surface area contributed by atoms with Crippen LogP contribution in [0.2, 0.25) is 6.04 Å². The van der Waals surface area contributed by atoms with Gasteiger partial charge in [-0.2, -0.15) is 0 Å². The summed E-state index contributed by atoms with van der Waals surface area (Å²) in [6.07, 6.45) is 2.75. The lowest BCUT2D eigenvalue weighted by Crippen LogP contribution is -2.06. The van der Waals surface area contributed by atoms with Gasteiger partial charge in [-0.3, -0.25) is 0 Å². The molecule has 0 aromatic rings. The third-order valence-electron chi connectivity index (χ3n) is 1.08. The van der Waals surface area contributed by atoms with Crippen LogP contribution in [0.1, 0.15) is 12.8 Å². The summed E-state index contributed by atoms with van der Waals surface area (Å²) in [5.74, 6) is 0. The fourth-order valence-corrected chi connectivity index (χ4v) is 1.86. The second-order valence-electron chi connectivity index (χ2n) is 1.67. The van der Waals surface area contributed by atoms with Crippen LogP contribution in [0.15, 0.2) is 0 Å². The maximum atomic E-state index is 5.21. The lowest BCUT2D eigenvalue weighted by Gasteiger charge is -2.07. The minimum Gasteiger partial charge on any atom is -0.424 e. The summed E-state index contributed by atoms with van der Waals surface area (Å²) in [5, 5.41) is 0. The van der Waals surface area contributed by atoms with E-state index >= 15 is 0 Å². The maximum absolute atomic E-state index is 5.21. The predicted octanol–water partition coefficient (Wildman–Crippen LogP) is 0.299. The smallest absolute Gasteiger partial charge is 0.161 e. The van der Waals surface area contributed by atoms with Crippen LogP contribution in [-0.2, 0) is 4.43 Å². The quantitative estimate of drug-likeness (QED) is 0.400. The van der Waals surface area contributed by atoms with Gasteiger partial charge in [0.1, 0.15) is 0 Å². The zero-order chi connectivity index (χ0) is 4.24. The van der Waals surface area contributed by atoms with E-state index in [4.69, 9.17) is 4.43 Å². The second-order valence-corrected chi connectivity index (χ2v) is 3.20. The summed E-state index contributed by atoms with van der Waals surface area (Å²) in [7, 11) is 0.00849. The molecule has 0 bridgehead atoms. The van der Waals surface area contributed by atoms with Gasteiger partial charge in [-0.05, 0) is 12.5 Å². The molecule has 0 aromatic carbocycles. The van der Waals surface area contributed by atoms with Crippen molar-refractivity contribution in [2.45, 2.75) is 18.9 Å². The van der Waals surface area contributed by atoms with Crippen molar-refractivity contribution in [1.29, 1.82) is 0 Å². The van der Waals surface area contributed by atoms with E-state index in [1.165, 1.54) is 18.9 Å². The van der Waals surface area contributed by atoms with E-state index in [-0.39, 0.29) is 9.76 Å². The summed E-state index contributed by atoms with van der Waals surface area (Å²) in [6.45, 7) is 1.06. The van der Waals surface area contributed by atoms with Gasteiger partial charge in [0.05, 0.1) is 0 Å².